The number of aromatic nitrogens is 2. The van der Waals surface area contributed by atoms with E-state index < -0.39 is 0 Å². The van der Waals surface area contributed by atoms with Gasteiger partial charge in [-0.15, -0.1) is 11.3 Å². The molecule has 2 unspecified atom stereocenters. The quantitative estimate of drug-likeness (QED) is 0.169. The number of nitrogens with two attached hydrogens (primary N) is 1. The van der Waals surface area contributed by atoms with Gasteiger partial charge < -0.3 is 4.57 Å². The molecule has 0 saturated carbocycles. The summed E-state index contributed by atoms with van der Waals surface area (Å²) in [5.74, 6) is 0. The van der Waals surface area contributed by atoms with Crippen LogP contribution in [0.2, 0.25) is 0 Å². The lowest BCUT2D eigenvalue weighted by Crippen LogP contribution is -2.82. The van der Waals surface area contributed by atoms with E-state index in [-0.39, 0.29) is 12.2 Å². The summed E-state index contributed by atoms with van der Waals surface area (Å²) in [5, 5.41) is 14.3. The molecule has 3 aliphatic rings. The van der Waals surface area contributed by atoms with Crippen LogP contribution < -0.4 is 5.32 Å². The Labute approximate surface area is 296 Å². The molecule has 2 N–H and O–H groups in total. The van der Waals surface area contributed by atoms with E-state index in [1.165, 1.54) is 103 Å². The molecule has 0 saturated heterocycles. The molecule has 5 heterocycles. The Morgan fingerprint density at radius 2 is 1.35 bits per heavy atom. The van der Waals surface area contributed by atoms with E-state index in [9.17, 15) is 0 Å². The Balaban J connectivity index is 1.14. The molecule has 238 valence electrons. The molecular weight excluding hydrogens is 641 g/mol. The maximum atomic E-state index is 5.43. The molecule has 0 radical (unpaired) electrons. The van der Waals surface area contributed by atoms with Crippen LogP contribution in [0.15, 0.2) is 145 Å². The fourth-order valence-corrected chi connectivity index (χ4v) is 10.9. The predicted molar refractivity (Wildman–Crippen MR) is 214 cm³/mol. The molecule has 0 bridgehead atoms. The molecule has 2 aliphatic heterocycles. The van der Waals surface area contributed by atoms with Crippen molar-refractivity contribution in [3.8, 4) is 0 Å². The number of benzene rings is 7. The third kappa shape index (κ3) is 3.40. The van der Waals surface area contributed by atoms with Crippen molar-refractivity contribution < 1.29 is 5.32 Å². The summed E-state index contributed by atoms with van der Waals surface area (Å²) in [6.07, 6.45) is 3.54. The van der Waals surface area contributed by atoms with Gasteiger partial charge in [0, 0.05) is 48.0 Å². The minimum absolute atomic E-state index is 0.0672. The molecule has 7 aromatic carbocycles. The number of thiophene rings is 1. The molecular formula is C46H29N4S+. The van der Waals surface area contributed by atoms with Crippen LogP contribution in [0.1, 0.15) is 23.5 Å². The van der Waals surface area contributed by atoms with Gasteiger partial charge in [0.05, 0.1) is 28.3 Å². The summed E-state index contributed by atoms with van der Waals surface area (Å²) >= 11 is 1.90. The lowest BCUT2D eigenvalue weighted by molar-refractivity contribution is -0.614. The number of quaternary nitrogens is 1. The first kappa shape index (κ1) is 26.8. The standard InChI is InChI=1S/C46H28N4S/c1-2-11-27-20-39-31(19-26(27)10-1)33-21-28(22-35-44-46(50(39)45(33)35)48-37-15-7-6-14-36(37)47-44)49-38-18-17-25-9-3-4-12-29(25)43(38)34-23-32-30-13-5-8-16-41(30)51-42(32)24-40(34)49/h1-20,22-24,28,46,48H,21H2/p+1. The van der Waals surface area contributed by atoms with Gasteiger partial charge in [0.1, 0.15) is 11.4 Å². The van der Waals surface area contributed by atoms with Crippen molar-refractivity contribution in [2.45, 2.75) is 18.6 Å². The molecule has 10 aromatic rings. The summed E-state index contributed by atoms with van der Waals surface area (Å²) in [4.78, 5) is 5.43. The Kier molecular flexibility index (Phi) is 4.94. The van der Waals surface area contributed by atoms with E-state index in [1.54, 1.807) is 0 Å². The van der Waals surface area contributed by atoms with Gasteiger partial charge in [0.2, 0.25) is 6.17 Å². The number of hydrogen-bond acceptors (Lipinski definition) is 2. The first-order chi connectivity index (χ1) is 25.3. The number of para-hydroxylation sites is 2. The first-order valence-corrected chi connectivity index (χ1v) is 18.7. The Hall–Kier alpha value is -6.01. The Bertz CT molecular complexity index is 3280. The maximum absolute atomic E-state index is 5.43. The molecule has 3 aromatic heterocycles. The molecule has 13 rings (SSSR count). The number of aliphatic imine (C=N–C) groups is 1. The van der Waals surface area contributed by atoms with Crippen molar-refractivity contribution in [3.05, 3.63) is 151 Å². The van der Waals surface area contributed by atoms with Crippen molar-refractivity contribution in [2.75, 3.05) is 0 Å². The predicted octanol–water partition coefficient (Wildman–Crippen LogP) is 11.1. The second-order valence-corrected chi connectivity index (χ2v) is 15.5. The van der Waals surface area contributed by atoms with E-state index in [4.69, 9.17) is 4.99 Å². The van der Waals surface area contributed by atoms with Crippen LogP contribution in [0.25, 0.3) is 80.0 Å². The van der Waals surface area contributed by atoms with Crippen LogP contribution in [-0.2, 0) is 6.42 Å². The summed E-state index contributed by atoms with van der Waals surface area (Å²) in [7, 11) is 0. The smallest absolute Gasteiger partial charge is 0.215 e. The van der Waals surface area contributed by atoms with Gasteiger partial charge in [-0.05, 0) is 82.1 Å². The molecule has 1 aliphatic carbocycles. The fourth-order valence-electron chi connectivity index (χ4n) is 9.75. The summed E-state index contributed by atoms with van der Waals surface area (Å²) in [6.45, 7) is 0. The molecule has 5 heteroatoms. The second kappa shape index (κ2) is 9.40. The van der Waals surface area contributed by atoms with Gasteiger partial charge in [-0.25, -0.2) is 4.99 Å². The summed E-state index contributed by atoms with van der Waals surface area (Å²) in [5.41, 5.74) is 11.4. The van der Waals surface area contributed by atoms with Crippen LogP contribution in [0.3, 0.4) is 0 Å². The van der Waals surface area contributed by atoms with Crippen LogP contribution >= 0.6 is 11.3 Å². The van der Waals surface area contributed by atoms with Crippen molar-refractivity contribution in [3.63, 3.8) is 0 Å². The van der Waals surface area contributed by atoms with Crippen molar-refractivity contribution in [2.24, 2.45) is 4.99 Å². The molecule has 0 spiro atoms. The number of hydrogen-bond donors (Lipinski definition) is 1. The molecule has 0 fully saturated rings. The van der Waals surface area contributed by atoms with E-state index in [0.717, 1.165) is 12.1 Å². The molecule has 4 nitrogen and oxygen atoms in total. The van der Waals surface area contributed by atoms with Crippen molar-refractivity contribution in [1.82, 2.24) is 9.13 Å². The highest BCUT2D eigenvalue weighted by Gasteiger charge is 2.45. The summed E-state index contributed by atoms with van der Waals surface area (Å²) < 4.78 is 7.94. The van der Waals surface area contributed by atoms with Gasteiger partial charge in [-0.3, -0.25) is 9.88 Å². The van der Waals surface area contributed by atoms with Crippen LogP contribution in [0, 0.1) is 0 Å². The van der Waals surface area contributed by atoms with Gasteiger partial charge in [-0.2, -0.15) is 0 Å². The maximum Gasteiger partial charge on any atom is 0.215 e. The molecule has 51 heavy (non-hydrogen) atoms. The molecule has 2 atom stereocenters. The van der Waals surface area contributed by atoms with Crippen LogP contribution in [0.5, 0.6) is 0 Å². The van der Waals surface area contributed by atoms with Crippen molar-refractivity contribution in [1.29, 1.82) is 0 Å². The average molecular weight is 670 g/mol. The van der Waals surface area contributed by atoms with Gasteiger partial charge >= 0.3 is 0 Å². The zero-order chi connectivity index (χ0) is 32.9. The zero-order valence-electron chi connectivity index (χ0n) is 27.5. The largest absolute Gasteiger partial charge is 0.333 e. The number of allylic oxidation sites excluding steroid dienone is 1. The average Bonchev–Trinajstić information content (AvgIpc) is 3.90. The third-order valence-corrected chi connectivity index (χ3v) is 13.0. The van der Waals surface area contributed by atoms with E-state index in [2.05, 4.69) is 154 Å². The zero-order valence-corrected chi connectivity index (χ0v) is 28.3. The van der Waals surface area contributed by atoms with E-state index in [0.29, 0.717) is 0 Å². The van der Waals surface area contributed by atoms with Gasteiger partial charge in [-0.1, -0.05) is 84.9 Å². The lowest BCUT2D eigenvalue weighted by Gasteiger charge is -2.24. The number of nitrogens with zero attached hydrogens (tertiary/aromatic N) is 3. The summed E-state index contributed by atoms with van der Waals surface area (Å²) in [6, 6.07) is 49.8. The topological polar surface area (TPSA) is 38.8 Å². The second-order valence-electron chi connectivity index (χ2n) is 14.4. The molecule has 0 amide bonds. The third-order valence-electron chi connectivity index (χ3n) is 11.9. The van der Waals surface area contributed by atoms with Crippen LogP contribution in [-0.4, -0.2) is 14.8 Å². The van der Waals surface area contributed by atoms with Gasteiger partial charge in [0.25, 0.3) is 0 Å². The Morgan fingerprint density at radius 1 is 0.588 bits per heavy atom. The van der Waals surface area contributed by atoms with Gasteiger partial charge in [0.15, 0.2) is 5.69 Å². The SMILES string of the molecule is C1=C2C3=Nc4ccccc4[NH2+]C3n3c2c(c2cc4ccccc4cc23)CC1n1c2cc3sc4ccccc4c3cc2c2c3ccccc3ccc21. The fraction of sp³-hybridized carbons (Fsp3) is 0.0652. The monoisotopic (exact) mass is 669 g/mol. The highest BCUT2D eigenvalue weighted by molar-refractivity contribution is 7.25. The minimum atomic E-state index is 0.0672. The van der Waals surface area contributed by atoms with Crippen molar-refractivity contribution >= 4 is 108 Å². The highest BCUT2D eigenvalue weighted by Crippen LogP contribution is 2.50. The lowest BCUT2D eigenvalue weighted by atomic mass is 9.89. The number of rotatable bonds is 1. The Morgan fingerprint density at radius 3 is 2.27 bits per heavy atom. The van der Waals surface area contributed by atoms with E-state index >= 15 is 0 Å². The van der Waals surface area contributed by atoms with Crippen LogP contribution in [0.4, 0.5) is 11.4 Å². The van der Waals surface area contributed by atoms with E-state index in [1.807, 2.05) is 11.3 Å². The highest BCUT2D eigenvalue weighted by atomic mass is 32.1. The number of fused-ring (bicyclic) bond motifs is 16. The normalized spacial score (nSPS) is 17.9. The first-order valence-electron chi connectivity index (χ1n) is 17.8. The minimum Gasteiger partial charge on any atom is -0.333 e.